The minimum absolute atomic E-state index is 0.0487. The van der Waals surface area contributed by atoms with Gasteiger partial charge in [-0.3, -0.25) is 18.6 Å². The number of carbonyl (C=O) groups is 1. The van der Waals surface area contributed by atoms with Crippen LogP contribution in [0.15, 0.2) is 51.7 Å². The lowest BCUT2D eigenvalue weighted by Gasteiger charge is -2.12. The molecule has 0 aliphatic carbocycles. The van der Waals surface area contributed by atoms with E-state index in [1.165, 1.54) is 21.2 Å². The molecular formula is C19H19N5O2S2. The SMILES string of the molecule is CC(Sc1nnc2n(C)c(=O)c3ccccc3n12)C(=O)NCCc1cccs1. The fourth-order valence-electron chi connectivity index (χ4n) is 3.01. The van der Waals surface area contributed by atoms with Gasteiger partial charge in [0.2, 0.25) is 11.7 Å². The van der Waals surface area contributed by atoms with Gasteiger partial charge in [-0.1, -0.05) is 30.0 Å². The van der Waals surface area contributed by atoms with Crippen LogP contribution in [0, 0.1) is 0 Å². The second-order valence-electron chi connectivity index (χ2n) is 6.38. The summed E-state index contributed by atoms with van der Waals surface area (Å²) in [5.41, 5.74) is 0.616. The number of amides is 1. The highest BCUT2D eigenvalue weighted by Gasteiger charge is 2.20. The van der Waals surface area contributed by atoms with Crippen molar-refractivity contribution >= 4 is 45.7 Å². The fourth-order valence-corrected chi connectivity index (χ4v) is 4.60. The summed E-state index contributed by atoms with van der Waals surface area (Å²) in [4.78, 5) is 26.2. The molecule has 3 heterocycles. The molecule has 4 rings (SSSR count). The van der Waals surface area contributed by atoms with Crippen molar-refractivity contribution in [1.82, 2.24) is 24.5 Å². The summed E-state index contributed by atoms with van der Waals surface area (Å²) in [5, 5.41) is 14.2. The molecule has 1 atom stereocenters. The number of hydrogen-bond acceptors (Lipinski definition) is 6. The van der Waals surface area contributed by atoms with Crippen LogP contribution in [0.25, 0.3) is 16.7 Å². The summed E-state index contributed by atoms with van der Waals surface area (Å²) in [6.45, 7) is 2.44. The van der Waals surface area contributed by atoms with Gasteiger partial charge in [-0.2, -0.15) is 0 Å². The molecule has 0 radical (unpaired) electrons. The first-order valence-electron chi connectivity index (χ1n) is 8.86. The zero-order valence-electron chi connectivity index (χ0n) is 15.5. The maximum atomic E-state index is 12.5. The van der Waals surface area contributed by atoms with Crippen molar-refractivity contribution in [2.45, 2.75) is 23.8 Å². The van der Waals surface area contributed by atoms with Crippen molar-refractivity contribution in [2.24, 2.45) is 7.05 Å². The molecule has 0 aliphatic heterocycles. The number of thioether (sulfide) groups is 1. The van der Waals surface area contributed by atoms with Crippen molar-refractivity contribution in [3.8, 4) is 0 Å². The van der Waals surface area contributed by atoms with Crippen LogP contribution in [-0.2, 0) is 18.3 Å². The van der Waals surface area contributed by atoms with E-state index < -0.39 is 0 Å². The molecule has 1 aromatic carbocycles. The Morgan fingerprint density at radius 1 is 1.25 bits per heavy atom. The van der Waals surface area contributed by atoms with E-state index in [2.05, 4.69) is 21.6 Å². The smallest absolute Gasteiger partial charge is 0.262 e. The molecule has 0 spiro atoms. The molecule has 0 saturated carbocycles. The largest absolute Gasteiger partial charge is 0.355 e. The number of aryl methyl sites for hydroxylation is 1. The van der Waals surface area contributed by atoms with E-state index in [4.69, 9.17) is 0 Å². The summed E-state index contributed by atoms with van der Waals surface area (Å²) >= 11 is 3.02. The first-order valence-corrected chi connectivity index (χ1v) is 10.6. The molecule has 144 valence electrons. The molecule has 0 bridgehead atoms. The molecule has 4 aromatic rings. The van der Waals surface area contributed by atoms with Crippen molar-refractivity contribution in [3.63, 3.8) is 0 Å². The second-order valence-corrected chi connectivity index (χ2v) is 8.72. The number of benzene rings is 1. The average molecular weight is 414 g/mol. The Balaban J connectivity index is 1.56. The highest BCUT2D eigenvalue weighted by atomic mass is 32.2. The molecule has 0 saturated heterocycles. The molecule has 0 aliphatic rings. The number of rotatable bonds is 6. The molecule has 1 amide bonds. The molecule has 7 nitrogen and oxygen atoms in total. The molecule has 1 unspecified atom stereocenters. The normalized spacial score (nSPS) is 12.5. The van der Waals surface area contributed by atoms with Gasteiger partial charge in [0.05, 0.1) is 16.2 Å². The van der Waals surface area contributed by atoms with E-state index in [1.54, 1.807) is 24.5 Å². The maximum absolute atomic E-state index is 12.5. The lowest BCUT2D eigenvalue weighted by molar-refractivity contribution is -0.120. The number of nitrogens with zero attached hydrogens (tertiary/aromatic N) is 4. The quantitative estimate of drug-likeness (QED) is 0.491. The Bertz CT molecular complexity index is 1200. The van der Waals surface area contributed by atoms with Crippen molar-refractivity contribution in [3.05, 3.63) is 57.0 Å². The summed E-state index contributed by atoms with van der Waals surface area (Å²) in [7, 11) is 1.67. The Labute approximate surface area is 169 Å². The monoisotopic (exact) mass is 413 g/mol. The van der Waals surface area contributed by atoms with Gasteiger partial charge >= 0.3 is 0 Å². The maximum Gasteiger partial charge on any atom is 0.262 e. The molecule has 1 N–H and O–H groups in total. The van der Waals surface area contributed by atoms with E-state index in [9.17, 15) is 9.59 Å². The number of hydrogen-bond donors (Lipinski definition) is 1. The molecule has 3 aromatic heterocycles. The zero-order valence-corrected chi connectivity index (χ0v) is 17.1. The Kier molecular flexibility index (Phi) is 5.19. The minimum atomic E-state index is -0.341. The summed E-state index contributed by atoms with van der Waals surface area (Å²) in [6.07, 6.45) is 0.821. The predicted molar refractivity (Wildman–Crippen MR) is 112 cm³/mol. The van der Waals surface area contributed by atoms with Gasteiger partial charge < -0.3 is 5.32 Å². The molecule has 9 heteroatoms. The lowest BCUT2D eigenvalue weighted by atomic mass is 10.2. The van der Waals surface area contributed by atoms with Gasteiger partial charge in [0, 0.05) is 18.5 Å². The van der Waals surface area contributed by atoms with Crippen LogP contribution in [0.5, 0.6) is 0 Å². The summed E-state index contributed by atoms with van der Waals surface area (Å²) in [5.74, 6) is 0.406. The molecule has 28 heavy (non-hydrogen) atoms. The standard InChI is InChI=1S/C19H19N5O2S2/c1-12(16(25)20-10-9-13-6-5-11-27-13)28-19-22-21-18-23(2)17(26)14-7-3-4-8-15(14)24(18)19/h3-8,11-12H,9-10H2,1-2H3,(H,20,25). The minimum Gasteiger partial charge on any atom is -0.355 e. The van der Waals surface area contributed by atoms with E-state index >= 15 is 0 Å². The van der Waals surface area contributed by atoms with Crippen LogP contribution < -0.4 is 10.9 Å². The number of thiophene rings is 1. The Morgan fingerprint density at radius 2 is 2.07 bits per heavy atom. The third kappa shape index (κ3) is 3.43. The predicted octanol–water partition coefficient (Wildman–Crippen LogP) is 2.48. The Hall–Kier alpha value is -2.65. The van der Waals surface area contributed by atoms with Crippen molar-refractivity contribution in [1.29, 1.82) is 0 Å². The molecule has 0 fully saturated rings. The van der Waals surface area contributed by atoms with Crippen LogP contribution in [0.3, 0.4) is 0 Å². The van der Waals surface area contributed by atoms with E-state index in [0.29, 0.717) is 22.9 Å². The van der Waals surface area contributed by atoms with Crippen LogP contribution in [-0.4, -0.2) is 36.9 Å². The summed E-state index contributed by atoms with van der Waals surface area (Å²) < 4.78 is 3.31. The van der Waals surface area contributed by atoms with Gasteiger partial charge in [0.15, 0.2) is 5.16 Å². The number of aromatic nitrogens is 4. The number of para-hydroxylation sites is 1. The van der Waals surface area contributed by atoms with Gasteiger partial charge in [-0.15, -0.1) is 21.5 Å². The highest BCUT2D eigenvalue weighted by molar-refractivity contribution is 8.00. The topological polar surface area (TPSA) is 81.3 Å². The van der Waals surface area contributed by atoms with E-state index in [0.717, 1.165) is 11.9 Å². The number of fused-ring (bicyclic) bond motifs is 3. The van der Waals surface area contributed by atoms with Gasteiger partial charge in [-0.05, 0) is 36.9 Å². The van der Waals surface area contributed by atoms with Crippen LogP contribution in [0.4, 0.5) is 0 Å². The number of nitrogens with one attached hydrogen (secondary N) is 1. The molecular weight excluding hydrogens is 394 g/mol. The highest BCUT2D eigenvalue weighted by Crippen LogP contribution is 2.24. The van der Waals surface area contributed by atoms with Crippen LogP contribution in [0.1, 0.15) is 11.8 Å². The van der Waals surface area contributed by atoms with Gasteiger partial charge in [-0.25, -0.2) is 0 Å². The zero-order chi connectivity index (χ0) is 19.7. The van der Waals surface area contributed by atoms with Gasteiger partial charge in [0.1, 0.15) is 0 Å². The lowest BCUT2D eigenvalue weighted by Crippen LogP contribution is -2.32. The van der Waals surface area contributed by atoms with Crippen molar-refractivity contribution < 1.29 is 4.79 Å². The summed E-state index contributed by atoms with van der Waals surface area (Å²) in [6, 6.07) is 11.4. The van der Waals surface area contributed by atoms with Crippen molar-refractivity contribution in [2.75, 3.05) is 6.54 Å². The van der Waals surface area contributed by atoms with Crippen LogP contribution in [0.2, 0.25) is 0 Å². The van der Waals surface area contributed by atoms with E-state index in [-0.39, 0.29) is 16.7 Å². The second kappa shape index (κ2) is 7.76. The fraction of sp³-hybridized carbons (Fsp3) is 0.263. The van der Waals surface area contributed by atoms with Gasteiger partial charge in [0.25, 0.3) is 5.56 Å². The third-order valence-corrected chi connectivity index (χ3v) is 6.48. The Morgan fingerprint density at radius 3 is 2.86 bits per heavy atom. The third-order valence-electron chi connectivity index (χ3n) is 4.50. The number of carbonyl (C=O) groups excluding carboxylic acids is 1. The van der Waals surface area contributed by atoms with E-state index in [1.807, 2.05) is 41.0 Å². The first kappa shape index (κ1) is 18.7. The first-order chi connectivity index (χ1) is 13.6. The average Bonchev–Trinajstić information content (AvgIpc) is 3.36. The van der Waals surface area contributed by atoms with Crippen LogP contribution >= 0.6 is 23.1 Å².